The van der Waals surface area contributed by atoms with Crippen molar-refractivity contribution in [3.63, 3.8) is 0 Å². The van der Waals surface area contributed by atoms with Gasteiger partial charge in [-0.25, -0.2) is 4.68 Å². The second kappa shape index (κ2) is 8.16. The van der Waals surface area contributed by atoms with Crippen LogP contribution in [0.1, 0.15) is 54.1 Å². The number of hydrogen-bond acceptors (Lipinski definition) is 5. The molecule has 7 heteroatoms. The summed E-state index contributed by atoms with van der Waals surface area (Å²) in [5, 5.41) is 11.4. The van der Waals surface area contributed by atoms with Crippen LogP contribution >= 0.6 is 0 Å². The van der Waals surface area contributed by atoms with Crippen molar-refractivity contribution < 1.29 is 9.53 Å². The van der Waals surface area contributed by atoms with Crippen LogP contribution < -0.4 is 10.6 Å². The van der Waals surface area contributed by atoms with E-state index < -0.39 is 0 Å². The Bertz CT molecular complexity index is 846. The van der Waals surface area contributed by atoms with Crippen molar-refractivity contribution in [3.8, 4) is 0 Å². The van der Waals surface area contributed by atoms with Gasteiger partial charge in [0.05, 0.1) is 12.2 Å². The summed E-state index contributed by atoms with van der Waals surface area (Å²) in [6.45, 7) is 3.47. The second-order valence-electron chi connectivity index (χ2n) is 8.31. The molecule has 3 aliphatic rings. The number of nitrogens with one attached hydrogen (secondary N) is 2. The number of amides is 1. The maximum atomic E-state index is 12.9. The third kappa shape index (κ3) is 3.76. The highest BCUT2D eigenvalue weighted by Gasteiger charge is 2.37. The molecule has 0 bridgehead atoms. The van der Waals surface area contributed by atoms with Gasteiger partial charge in [0, 0.05) is 25.8 Å². The molecule has 2 atom stereocenters. The van der Waals surface area contributed by atoms with Gasteiger partial charge in [0.1, 0.15) is 17.5 Å². The lowest BCUT2D eigenvalue weighted by Gasteiger charge is -2.42. The third-order valence-electron chi connectivity index (χ3n) is 6.43. The zero-order valence-electron chi connectivity index (χ0n) is 16.7. The zero-order chi connectivity index (χ0) is 19.6. The minimum absolute atomic E-state index is 0.0210. The Morgan fingerprint density at radius 1 is 1.07 bits per heavy atom. The minimum atomic E-state index is -0.102. The van der Waals surface area contributed by atoms with E-state index in [4.69, 9.17) is 4.74 Å². The summed E-state index contributed by atoms with van der Waals surface area (Å²) >= 11 is 0. The summed E-state index contributed by atoms with van der Waals surface area (Å²) in [6, 6.07) is 11.1. The van der Waals surface area contributed by atoms with E-state index in [2.05, 4.69) is 51.0 Å². The van der Waals surface area contributed by atoms with Crippen LogP contribution in [0, 0.1) is 0 Å². The number of ether oxygens (including phenoxy) is 1. The quantitative estimate of drug-likeness (QED) is 0.833. The van der Waals surface area contributed by atoms with Gasteiger partial charge in [0.15, 0.2) is 0 Å². The summed E-state index contributed by atoms with van der Waals surface area (Å²) in [5.41, 5.74) is 1.97. The lowest BCUT2D eigenvalue weighted by Crippen LogP contribution is -2.59. The number of aromatic nitrogens is 2. The van der Waals surface area contributed by atoms with Crippen molar-refractivity contribution in [2.24, 2.45) is 0 Å². The highest BCUT2D eigenvalue weighted by atomic mass is 16.5. The lowest BCUT2D eigenvalue weighted by molar-refractivity contribution is 0.0662. The van der Waals surface area contributed by atoms with Crippen molar-refractivity contribution in [1.82, 2.24) is 20.0 Å². The molecule has 1 amide bonds. The van der Waals surface area contributed by atoms with E-state index in [0.717, 1.165) is 51.4 Å². The molecular formula is C22H29N5O2. The van der Waals surface area contributed by atoms with Crippen LogP contribution in [0.25, 0.3) is 0 Å². The number of hydrogen-bond donors (Lipinski definition) is 2. The maximum Gasteiger partial charge on any atom is 0.258 e. The van der Waals surface area contributed by atoms with Gasteiger partial charge in [-0.2, -0.15) is 5.10 Å². The Morgan fingerprint density at radius 3 is 2.72 bits per heavy atom. The van der Waals surface area contributed by atoms with Gasteiger partial charge < -0.3 is 15.4 Å². The Kier molecular flexibility index (Phi) is 5.24. The molecule has 0 radical (unpaired) electrons. The third-order valence-corrected chi connectivity index (χ3v) is 6.43. The average Bonchev–Trinajstić information content (AvgIpc) is 3.20. The molecule has 2 saturated heterocycles. The van der Waals surface area contributed by atoms with Crippen molar-refractivity contribution in [3.05, 3.63) is 47.7 Å². The number of rotatable bonds is 4. The van der Waals surface area contributed by atoms with E-state index in [9.17, 15) is 4.79 Å². The van der Waals surface area contributed by atoms with Crippen molar-refractivity contribution in [2.45, 2.75) is 56.9 Å². The van der Waals surface area contributed by atoms with E-state index in [1.54, 1.807) is 6.20 Å². The van der Waals surface area contributed by atoms with Crippen LogP contribution in [0.3, 0.4) is 0 Å². The van der Waals surface area contributed by atoms with E-state index in [-0.39, 0.29) is 18.1 Å². The van der Waals surface area contributed by atoms with E-state index >= 15 is 0 Å². The average molecular weight is 396 g/mol. The number of likely N-dealkylation sites (tertiary alicyclic amines) is 1. The Hall–Kier alpha value is -2.38. The predicted molar refractivity (Wildman–Crippen MR) is 111 cm³/mol. The van der Waals surface area contributed by atoms with Gasteiger partial charge in [0.2, 0.25) is 0 Å². The molecule has 1 aromatic heterocycles. The molecule has 0 unspecified atom stereocenters. The van der Waals surface area contributed by atoms with Crippen LogP contribution in [0.5, 0.6) is 0 Å². The highest BCUT2D eigenvalue weighted by molar-refractivity contribution is 6.00. The minimum Gasteiger partial charge on any atom is -0.381 e. The van der Waals surface area contributed by atoms with Crippen LogP contribution in [-0.4, -0.2) is 52.6 Å². The van der Waals surface area contributed by atoms with Crippen LogP contribution in [0.2, 0.25) is 0 Å². The van der Waals surface area contributed by atoms with E-state index in [0.29, 0.717) is 11.6 Å². The number of benzene rings is 1. The fraction of sp³-hybridized carbons (Fsp3) is 0.545. The first-order chi connectivity index (χ1) is 14.3. The maximum absolute atomic E-state index is 12.9. The predicted octanol–water partition coefficient (Wildman–Crippen LogP) is 2.77. The van der Waals surface area contributed by atoms with E-state index in [1.807, 2.05) is 4.68 Å². The molecule has 2 fully saturated rings. The van der Waals surface area contributed by atoms with Crippen LogP contribution in [-0.2, 0) is 11.3 Å². The van der Waals surface area contributed by atoms with Crippen molar-refractivity contribution >= 4 is 11.7 Å². The van der Waals surface area contributed by atoms with Gasteiger partial charge in [-0.1, -0.05) is 36.8 Å². The summed E-state index contributed by atoms with van der Waals surface area (Å²) in [5.74, 6) is 0.850. The molecule has 0 spiro atoms. The molecule has 29 heavy (non-hydrogen) atoms. The van der Waals surface area contributed by atoms with Crippen molar-refractivity contribution in [2.75, 3.05) is 25.1 Å². The largest absolute Gasteiger partial charge is 0.381 e. The summed E-state index contributed by atoms with van der Waals surface area (Å²) < 4.78 is 7.52. The molecule has 0 aliphatic carbocycles. The van der Waals surface area contributed by atoms with Gasteiger partial charge in [-0.05, 0) is 37.8 Å². The molecule has 154 valence electrons. The van der Waals surface area contributed by atoms with E-state index in [1.165, 1.54) is 18.4 Å². The summed E-state index contributed by atoms with van der Waals surface area (Å²) in [7, 11) is 0. The van der Waals surface area contributed by atoms with Gasteiger partial charge in [-0.15, -0.1) is 0 Å². The Labute approximate surface area is 171 Å². The normalized spacial score (nSPS) is 25.9. The monoisotopic (exact) mass is 395 g/mol. The van der Waals surface area contributed by atoms with Crippen LogP contribution in [0.15, 0.2) is 36.5 Å². The standard InChI is InChI=1S/C22H29N5O2/c28-22-18-14-23-27(17-9-12-29-13-10-17)21(18)24-20(25-22)19-8-4-5-11-26(19)15-16-6-2-1-3-7-16/h1-3,6-7,14,17,19-20,24H,4-5,8-13,15H2,(H,25,28)/t19-,20-/m0/s1. The van der Waals surface area contributed by atoms with Gasteiger partial charge in [-0.3, -0.25) is 9.69 Å². The first-order valence-electron chi connectivity index (χ1n) is 10.8. The molecular weight excluding hydrogens is 366 g/mol. The van der Waals surface area contributed by atoms with Crippen LogP contribution in [0.4, 0.5) is 5.82 Å². The molecule has 2 aromatic rings. The molecule has 4 heterocycles. The first kappa shape index (κ1) is 18.6. The lowest BCUT2D eigenvalue weighted by atomic mass is 9.97. The Morgan fingerprint density at radius 2 is 1.90 bits per heavy atom. The molecule has 1 aromatic carbocycles. The number of carbonyl (C=O) groups is 1. The number of fused-ring (bicyclic) bond motifs is 1. The summed E-state index contributed by atoms with van der Waals surface area (Å²) in [6.07, 6.45) is 6.94. The number of anilines is 1. The Balaban J connectivity index is 1.37. The second-order valence-corrected chi connectivity index (χ2v) is 8.31. The molecule has 0 saturated carbocycles. The molecule has 2 N–H and O–H groups in total. The highest BCUT2D eigenvalue weighted by Crippen LogP contribution is 2.31. The molecule has 5 rings (SSSR count). The number of nitrogens with zero attached hydrogens (tertiary/aromatic N) is 3. The van der Waals surface area contributed by atoms with Gasteiger partial charge >= 0.3 is 0 Å². The number of carbonyl (C=O) groups excluding carboxylic acids is 1. The summed E-state index contributed by atoms with van der Waals surface area (Å²) in [4.78, 5) is 15.4. The fourth-order valence-electron chi connectivity index (χ4n) is 4.88. The number of piperidine rings is 1. The van der Waals surface area contributed by atoms with Gasteiger partial charge in [0.25, 0.3) is 5.91 Å². The zero-order valence-corrected chi connectivity index (χ0v) is 16.7. The smallest absolute Gasteiger partial charge is 0.258 e. The molecule has 7 nitrogen and oxygen atoms in total. The SMILES string of the molecule is O=C1N[C@@H]([C@@H]2CCCCN2Cc2ccccc2)Nc2c1cnn2C1CCOCC1. The first-order valence-corrected chi connectivity index (χ1v) is 10.8. The topological polar surface area (TPSA) is 71.4 Å². The molecule has 3 aliphatic heterocycles. The van der Waals surface area contributed by atoms with Crippen molar-refractivity contribution in [1.29, 1.82) is 0 Å². The fourth-order valence-corrected chi connectivity index (χ4v) is 4.88.